The normalized spacial score (nSPS) is 24.4. The van der Waals surface area contributed by atoms with Crippen molar-refractivity contribution in [1.82, 2.24) is 14.8 Å². The molecule has 0 unspecified atom stereocenters. The van der Waals surface area contributed by atoms with Crippen LogP contribution < -0.4 is 5.56 Å². The molecule has 0 spiro atoms. The third kappa shape index (κ3) is 4.63. The molecule has 0 radical (unpaired) electrons. The van der Waals surface area contributed by atoms with Crippen LogP contribution in [0.1, 0.15) is 81.0 Å². The Morgan fingerprint density at radius 1 is 1.14 bits per heavy atom. The number of nitrogens with one attached hydrogen (secondary N) is 1. The van der Waals surface area contributed by atoms with Crippen molar-refractivity contribution in [2.75, 3.05) is 26.7 Å². The van der Waals surface area contributed by atoms with Gasteiger partial charge in [-0.2, -0.15) is 0 Å². The van der Waals surface area contributed by atoms with E-state index in [1.807, 2.05) is 43.3 Å². The molecule has 3 aliphatic rings. The minimum absolute atomic E-state index is 0.0796. The van der Waals surface area contributed by atoms with Crippen LogP contribution in [0.4, 0.5) is 0 Å². The Bertz CT molecular complexity index is 1150. The molecule has 2 aromatic rings. The number of H-pyrrole nitrogens is 1. The van der Waals surface area contributed by atoms with Crippen LogP contribution in [0.3, 0.4) is 0 Å². The van der Waals surface area contributed by atoms with Gasteiger partial charge in [-0.25, -0.2) is 0 Å². The quantitative estimate of drug-likeness (QED) is 0.636. The number of likely N-dealkylation sites (tertiary alicyclic amines) is 1. The molecule has 4 heterocycles. The van der Waals surface area contributed by atoms with Gasteiger partial charge in [0.1, 0.15) is 0 Å². The number of nitrogens with zero attached hydrogens (tertiary/aromatic N) is 2. The number of pyridine rings is 1. The molecule has 1 amide bonds. The summed E-state index contributed by atoms with van der Waals surface area (Å²) in [7, 11) is 1.82. The molecule has 1 saturated heterocycles. The number of hydrogen-bond acceptors (Lipinski definition) is 5. The van der Waals surface area contributed by atoms with Crippen molar-refractivity contribution in [3.63, 3.8) is 0 Å². The Hall–Kier alpha value is -1.96. The maximum absolute atomic E-state index is 13.6. The number of amides is 1. The molecular weight excluding hydrogens is 458 g/mol. The van der Waals surface area contributed by atoms with Gasteiger partial charge in [-0.15, -0.1) is 11.3 Å². The molecule has 7 heteroatoms. The Morgan fingerprint density at radius 2 is 1.86 bits per heavy atom. The summed E-state index contributed by atoms with van der Waals surface area (Å²) in [6, 6.07) is 2.70. The van der Waals surface area contributed by atoms with Crippen LogP contribution >= 0.6 is 11.3 Å². The van der Waals surface area contributed by atoms with Gasteiger partial charge >= 0.3 is 0 Å². The van der Waals surface area contributed by atoms with E-state index in [0.717, 1.165) is 36.3 Å². The highest BCUT2D eigenvalue weighted by Gasteiger charge is 2.37. The lowest BCUT2D eigenvalue weighted by Crippen LogP contribution is -2.56. The third-order valence-electron chi connectivity index (χ3n) is 8.80. The maximum atomic E-state index is 13.6. The Balaban J connectivity index is 1.27. The van der Waals surface area contributed by atoms with E-state index in [2.05, 4.69) is 23.7 Å². The average Bonchev–Trinajstić information content (AvgIpc) is 3.14. The van der Waals surface area contributed by atoms with Crippen LogP contribution in [0.25, 0.3) is 0 Å². The van der Waals surface area contributed by atoms with Gasteiger partial charge in [-0.3, -0.25) is 14.5 Å². The van der Waals surface area contributed by atoms with E-state index in [1.54, 1.807) is 0 Å². The monoisotopic (exact) mass is 497 g/mol. The van der Waals surface area contributed by atoms with Gasteiger partial charge < -0.3 is 14.6 Å². The summed E-state index contributed by atoms with van der Waals surface area (Å²) in [5.74, 6) is 1.26. The molecule has 1 N–H and O–H groups in total. The zero-order valence-corrected chi connectivity index (χ0v) is 22.6. The van der Waals surface area contributed by atoms with Crippen LogP contribution in [-0.2, 0) is 17.7 Å². The van der Waals surface area contributed by atoms with E-state index in [4.69, 9.17) is 4.74 Å². The summed E-state index contributed by atoms with van der Waals surface area (Å²) in [6.07, 6.45) is 6.37. The lowest BCUT2D eigenvalue weighted by atomic mass is 9.76. The first-order valence-corrected chi connectivity index (χ1v) is 14.0. The zero-order valence-electron chi connectivity index (χ0n) is 21.8. The zero-order chi connectivity index (χ0) is 24.9. The lowest BCUT2D eigenvalue weighted by molar-refractivity contribution is -0.0600. The number of aromatic amines is 1. The van der Waals surface area contributed by atoms with Crippen molar-refractivity contribution >= 4 is 17.2 Å². The molecule has 1 saturated carbocycles. The van der Waals surface area contributed by atoms with Crippen LogP contribution in [0.5, 0.6) is 0 Å². The topological polar surface area (TPSA) is 65.6 Å². The number of aromatic nitrogens is 1. The number of hydrogen-bond donors (Lipinski definition) is 1. The molecule has 2 fully saturated rings. The first kappa shape index (κ1) is 24.7. The molecule has 1 aliphatic carbocycles. The highest BCUT2D eigenvalue weighted by atomic mass is 32.1. The van der Waals surface area contributed by atoms with Crippen LogP contribution in [0, 0.1) is 26.7 Å². The number of carbonyl (C=O) groups is 1. The third-order valence-corrected chi connectivity index (χ3v) is 10.3. The molecule has 0 aromatic carbocycles. The van der Waals surface area contributed by atoms with Gasteiger partial charge in [0.05, 0.1) is 18.2 Å². The summed E-state index contributed by atoms with van der Waals surface area (Å²) >= 11 is 1.87. The van der Waals surface area contributed by atoms with Crippen molar-refractivity contribution in [2.24, 2.45) is 5.92 Å². The number of rotatable bonds is 6. The van der Waals surface area contributed by atoms with Gasteiger partial charge in [0.15, 0.2) is 0 Å². The molecule has 2 aromatic heterocycles. The molecule has 5 rings (SSSR count). The smallest absolute Gasteiger partial charge is 0.255 e. The largest absolute Gasteiger partial charge is 0.379 e. The Labute approximate surface area is 212 Å². The fourth-order valence-electron chi connectivity index (χ4n) is 6.50. The van der Waals surface area contributed by atoms with Gasteiger partial charge in [0, 0.05) is 60.2 Å². The Kier molecular flexibility index (Phi) is 6.94. The fraction of sp³-hybridized carbons (Fsp3) is 0.643. The van der Waals surface area contributed by atoms with E-state index in [0.29, 0.717) is 42.6 Å². The molecule has 35 heavy (non-hydrogen) atoms. The second kappa shape index (κ2) is 9.83. The minimum atomic E-state index is -0.0796. The summed E-state index contributed by atoms with van der Waals surface area (Å²) in [4.78, 5) is 36.1. The summed E-state index contributed by atoms with van der Waals surface area (Å²) in [5, 5.41) is 0. The molecule has 1 atom stereocenters. The molecule has 190 valence electrons. The lowest BCUT2D eigenvalue weighted by Gasteiger charge is -2.46. The van der Waals surface area contributed by atoms with E-state index < -0.39 is 0 Å². The molecule has 2 aliphatic heterocycles. The van der Waals surface area contributed by atoms with Crippen molar-refractivity contribution in [1.29, 1.82) is 0 Å². The number of thiophene rings is 1. The predicted octanol–water partition coefficient (Wildman–Crippen LogP) is 4.55. The number of carbonyl (C=O) groups excluding carboxylic acids is 1. The number of ether oxygens (including phenoxy) is 1. The predicted molar refractivity (Wildman–Crippen MR) is 141 cm³/mol. The first-order chi connectivity index (χ1) is 16.8. The highest BCUT2D eigenvalue weighted by molar-refractivity contribution is 7.12. The number of methoxy groups -OCH3 is 1. The highest BCUT2D eigenvalue weighted by Crippen LogP contribution is 2.44. The number of fused-ring (bicyclic) bond motifs is 1. The second-order valence-corrected chi connectivity index (χ2v) is 12.1. The van der Waals surface area contributed by atoms with Gasteiger partial charge in [0.2, 0.25) is 0 Å². The average molecular weight is 498 g/mol. The van der Waals surface area contributed by atoms with Crippen molar-refractivity contribution in [3.05, 3.63) is 54.1 Å². The van der Waals surface area contributed by atoms with E-state index in [-0.39, 0.29) is 11.5 Å². The van der Waals surface area contributed by atoms with Crippen molar-refractivity contribution in [3.8, 4) is 0 Å². The molecule has 0 bridgehead atoms. The van der Waals surface area contributed by atoms with Gasteiger partial charge in [-0.05, 0) is 75.5 Å². The van der Waals surface area contributed by atoms with Crippen molar-refractivity contribution in [2.45, 2.75) is 84.4 Å². The number of aryl methyl sites for hydroxylation is 2. The van der Waals surface area contributed by atoms with Crippen LogP contribution in [-0.4, -0.2) is 59.6 Å². The fourth-order valence-corrected chi connectivity index (χ4v) is 7.93. The second-order valence-electron chi connectivity index (χ2n) is 11.0. The van der Waals surface area contributed by atoms with E-state index in [9.17, 15) is 9.59 Å². The van der Waals surface area contributed by atoms with Gasteiger partial charge in [0.25, 0.3) is 11.5 Å². The van der Waals surface area contributed by atoms with E-state index in [1.165, 1.54) is 41.0 Å². The summed E-state index contributed by atoms with van der Waals surface area (Å²) < 4.78 is 5.45. The summed E-state index contributed by atoms with van der Waals surface area (Å²) in [6.45, 7) is 11.6. The SMILES string of the molecule is COC1CN([C@H]2CC[C@H]([C@@H](C)c3sc4c(c3C)C(=O)N(Cc3c(C)cc(C)[nH]c3=O)CC4)CC2)C1. The minimum Gasteiger partial charge on any atom is -0.379 e. The van der Waals surface area contributed by atoms with Gasteiger partial charge in [-0.1, -0.05) is 6.92 Å². The van der Waals surface area contributed by atoms with Crippen LogP contribution in [0.2, 0.25) is 0 Å². The standard InChI is InChI=1S/C28H39N3O3S/c1-16-12-17(2)29-27(32)23(16)15-30-11-10-24-25(28(30)33)19(4)26(35-24)18(3)20-6-8-21(9-7-20)31-13-22(14-31)34-5/h12,18,20-22H,6-11,13-15H2,1-5H3,(H,29,32)/t18-,20-,21-/m1/s1. The maximum Gasteiger partial charge on any atom is 0.255 e. The molecular formula is C28H39N3O3S. The molecule has 6 nitrogen and oxygen atoms in total. The first-order valence-electron chi connectivity index (χ1n) is 13.1. The van der Waals surface area contributed by atoms with Crippen LogP contribution in [0.15, 0.2) is 10.9 Å². The Morgan fingerprint density at radius 3 is 2.51 bits per heavy atom. The summed E-state index contributed by atoms with van der Waals surface area (Å²) in [5.41, 5.74) is 4.51. The van der Waals surface area contributed by atoms with E-state index >= 15 is 0 Å². The van der Waals surface area contributed by atoms with Crippen molar-refractivity contribution < 1.29 is 9.53 Å².